The lowest BCUT2D eigenvalue weighted by atomic mass is 9.81. The van der Waals surface area contributed by atoms with Gasteiger partial charge in [-0.15, -0.1) is 0 Å². The van der Waals surface area contributed by atoms with E-state index in [1.54, 1.807) is 13.8 Å². The molecule has 7 nitrogen and oxygen atoms in total. The Morgan fingerprint density at radius 1 is 1.40 bits per heavy atom. The second-order valence-corrected chi connectivity index (χ2v) is 9.04. The summed E-state index contributed by atoms with van der Waals surface area (Å²) in [5.41, 5.74) is -0.924. The van der Waals surface area contributed by atoms with Gasteiger partial charge in [0.25, 0.3) is 0 Å². The van der Waals surface area contributed by atoms with Crippen LogP contribution in [0.2, 0.25) is 0 Å². The number of sulfone groups is 1. The van der Waals surface area contributed by atoms with Gasteiger partial charge in [-0.2, -0.15) is 18.3 Å². The van der Waals surface area contributed by atoms with E-state index in [1.807, 2.05) is 0 Å². The number of urea groups is 1. The van der Waals surface area contributed by atoms with E-state index in [4.69, 9.17) is 0 Å². The van der Waals surface area contributed by atoms with Gasteiger partial charge in [0.15, 0.2) is 9.84 Å². The van der Waals surface area contributed by atoms with Gasteiger partial charge in [0.05, 0.1) is 28.1 Å². The summed E-state index contributed by atoms with van der Waals surface area (Å²) in [6.07, 6.45) is -5.02. The zero-order valence-corrected chi connectivity index (χ0v) is 14.6. The number of carbonyl (C=O) groups is 1. The number of carbonyl (C=O) groups excluding carboxylic acids is 1. The lowest BCUT2D eigenvalue weighted by molar-refractivity contribution is -0.220. The monoisotopic (exact) mass is 380 g/mol. The molecule has 2 fully saturated rings. The molecule has 0 spiro atoms. The van der Waals surface area contributed by atoms with E-state index in [2.05, 4.69) is 15.5 Å². The Labute approximate surface area is 142 Å². The van der Waals surface area contributed by atoms with E-state index in [0.29, 0.717) is 17.1 Å². The fourth-order valence-electron chi connectivity index (χ4n) is 3.80. The van der Waals surface area contributed by atoms with Crippen molar-refractivity contribution >= 4 is 21.6 Å². The third-order valence-corrected chi connectivity index (χ3v) is 7.50. The lowest BCUT2D eigenvalue weighted by Crippen LogP contribution is -2.53. The summed E-state index contributed by atoms with van der Waals surface area (Å²) in [7, 11) is -3.91. The molecule has 0 radical (unpaired) electrons. The molecule has 0 unspecified atom stereocenters. The first kappa shape index (κ1) is 18.0. The zero-order valence-electron chi connectivity index (χ0n) is 13.8. The summed E-state index contributed by atoms with van der Waals surface area (Å²) in [4.78, 5) is 13.4. The number of nitrogens with one attached hydrogen (secondary N) is 2. The maximum Gasteiger partial charge on any atom is 0.397 e. The van der Waals surface area contributed by atoms with E-state index in [9.17, 15) is 26.4 Å². The van der Waals surface area contributed by atoms with Gasteiger partial charge >= 0.3 is 12.2 Å². The number of hydrogen-bond acceptors (Lipinski definition) is 4. The Morgan fingerprint density at radius 2 is 2.08 bits per heavy atom. The largest absolute Gasteiger partial charge is 0.397 e. The predicted molar refractivity (Wildman–Crippen MR) is 84.0 cm³/mol. The maximum atomic E-state index is 13.7. The van der Waals surface area contributed by atoms with Crippen molar-refractivity contribution in [2.24, 2.45) is 5.41 Å². The van der Waals surface area contributed by atoms with E-state index in [-0.39, 0.29) is 18.6 Å². The second-order valence-electron chi connectivity index (χ2n) is 6.73. The zero-order chi connectivity index (χ0) is 18.6. The van der Waals surface area contributed by atoms with Crippen molar-refractivity contribution in [3.8, 4) is 0 Å². The van der Waals surface area contributed by atoms with Crippen molar-refractivity contribution < 1.29 is 26.4 Å². The SMILES string of the molecule is Cc1n[nH]c(C)c1NC(=O)N1C[C@@H]2[C@@](C(F)(F)F)(CCCS2(=O)=O)C1. The van der Waals surface area contributed by atoms with Gasteiger partial charge in [0.1, 0.15) is 5.41 Å². The fraction of sp³-hybridized carbons (Fsp3) is 0.714. The average molecular weight is 380 g/mol. The highest BCUT2D eigenvalue weighted by Gasteiger charge is 2.68. The molecule has 2 aliphatic rings. The van der Waals surface area contributed by atoms with Crippen LogP contribution in [0, 0.1) is 19.3 Å². The molecule has 2 saturated heterocycles. The van der Waals surface area contributed by atoms with Crippen molar-refractivity contribution in [2.75, 3.05) is 24.2 Å². The minimum atomic E-state index is -4.69. The predicted octanol–water partition coefficient (Wildman–Crippen LogP) is 2.00. The number of anilines is 1. The van der Waals surface area contributed by atoms with Crippen molar-refractivity contribution in [1.82, 2.24) is 15.1 Å². The van der Waals surface area contributed by atoms with Gasteiger partial charge < -0.3 is 10.2 Å². The van der Waals surface area contributed by atoms with Crippen LogP contribution in [0.25, 0.3) is 0 Å². The van der Waals surface area contributed by atoms with Gasteiger partial charge in [-0.25, -0.2) is 13.2 Å². The van der Waals surface area contributed by atoms with Crippen molar-refractivity contribution in [1.29, 1.82) is 0 Å². The topological polar surface area (TPSA) is 95.2 Å². The van der Waals surface area contributed by atoms with Crippen LogP contribution in [0.3, 0.4) is 0 Å². The second kappa shape index (κ2) is 5.61. The van der Waals surface area contributed by atoms with E-state index in [0.717, 1.165) is 4.90 Å². The van der Waals surface area contributed by atoms with Crippen LogP contribution in [0.4, 0.5) is 23.7 Å². The number of fused-ring (bicyclic) bond motifs is 1. The number of rotatable bonds is 1. The molecule has 2 amide bonds. The first-order chi connectivity index (χ1) is 11.5. The Kier molecular flexibility index (Phi) is 4.05. The van der Waals surface area contributed by atoms with Gasteiger partial charge in [-0.1, -0.05) is 0 Å². The van der Waals surface area contributed by atoms with Crippen LogP contribution in [-0.2, 0) is 9.84 Å². The molecule has 0 bridgehead atoms. The average Bonchev–Trinajstić information content (AvgIpc) is 3.04. The van der Waals surface area contributed by atoms with Crippen molar-refractivity contribution in [3.63, 3.8) is 0 Å². The molecule has 3 rings (SSSR count). The maximum absolute atomic E-state index is 13.7. The van der Waals surface area contributed by atoms with Crippen molar-refractivity contribution in [3.05, 3.63) is 11.4 Å². The Balaban J connectivity index is 1.89. The summed E-state index contributed by atoms with van der Waals surface area (Å²) in [5.74, 6) is -0.273. The first-order valence-electron chi connectivity index (χ1n) is 7.84. The highest BCUT2D eigenvalue weighted by atomic mass is 32.2. The number of halogens is 3. The summed E-state index contributed by atoms with van der Waals surface area (Å²) < 4.78 is 65.7. The standard InChI is InChI=1S/C14H19F3N4O3S/c1-8-11(9(2)20-19-8)18-12(22)21-6-10-13(7-21,14(15,16)17)4-3-5-25(10,23)24/h10H,3-7H2,1-2H3,(H,18,22)(H,19,20)/t10-,13-/m1/s1. The normalized spacial score (nSPS) is 28.7. The minimum Gasteiger partial charge on any atom is -0.322 e. The number of H-pyrrole nitrogens is 1. The highest BCUT2D eigenvalue weighted by Crippen LogP contribution is 2.53. The number of hydrogen-bond donors (Lipinski definition) is 2. The lowest BCUT2D eigenvalue weighted by Gasteiger charge is -2.39. The molecule has 1 aromatic rings. The number of amides is 2. The third-order valence-electron chi connectivity index (χ3n) is 5.17. The molecule has 25 heavy (non-hydrogen) atoms. The molecule has 11 heteroatoms. The minimum absolute atomic E-state index is 0.0479. The Bertz CT molecular complexity index is 785. The first-order valence-corrected chi connectivity index (χ1v) is 9.55. The van der Waals surface area contributed by atoms with E-state index < -0.39 is 45.8 Å². The molecule has 0 saturated carbocycles. The third kappa shape index (κ3) is 2.77. The fourth-order valence-corrected chi connectivity index (χ4v) is 6.05. The summed E-state index contributed by atoms with van der Waals surface area (Å²) >= 11 is 0. The van der Waals surface area contributed by atoms with Crippen LogP contribution >= 0.6 is 0 Å². The van der Waals surface area contributed by atoms with E-state index in [1.165, 1.54) is 0 Å². The van der Waals surface area contributed by atoms with Crippen LogP contribution in [0.15, 0.2) is 0 Å². The van der Waals surface area contributed by atoms with Gasteiger partial charge in [0, 0.05) is 13.1 Å². The van der Waals surface area contributed by atoms with Gasteiger partial charge in [-0.3, -0.25) is 5.10 Å². The van der Waals surface area contributed by atoms with Crippen LogP contribution in [-0.4, -0.2) is 59.8 Å². The molecule has 3 heterocycles. The van der Waals surface area contributed by atoms with E-state index >= 15 is 0 Å². The number of alkyl halides is 3. The number of aromatic amines is 1. The smallest absolute Gasteiger partial charge is 0.322 e. The number of aryl methyl sites for hydroxylation is 2. The molecule has 140 valence electrons. The molecule has 2 N–H and O–H groups in total. The molecule has 2 atom stereocenters. The van der Waals surface area contributed by atoms with Crippen molar-refractivity contribution in [2.45, 2.75) is 38.1 Å². The number of nitrogens with zero attached hydrogens (tertiary/aromatic N) is 2. The molecule has 1 aromatic heterocycles. The molecule has 0 aromatic carbocycles. The summed E-state index contributed by atoms with van der Waals surface area (Å²) in [6.45, 7) is 2.21. The van der Waals surface area contributed by atoms with Gasteiger partial charge in [0.2, 0.25) is 0 Å². The van der Waals surface area contributed by atoms with Crippen LogP contribution in [0.5, 0.6) is 0 Å². The Morgan fingerprint density at radius 3 is 2.60 bits per heavy atom. The Hall–Kier alpha value is -1.78. The molecule has 0 aliphatic carbocycles. The van der Waals surface area contributed by atoms with Gasteiger partial charge in [-0.05, 0) is 26.7 Å². The van der Waals surface area contributed by atoms with Crippen LogP contribution < -0.4 is 5.32 Å². The number of likely N-dealkylation sites (tertiary alicyclic amines) is 1. The van der Waals surface area contributed by atoms with Crippen LogP contribution in [0.1, 0.15) is 24.2 Å². The molecular formula is C14H19F3N4O3S. The molecule has 2 aliphatic heterocycles. The molecular weight excluding hydrogens is 361 g/mol. The quantitative estimate of drug-likeness (QED) is 0.779. The highest BCUT2D eigenvalue weighted by molar-refractivity contribution is 7.92. The number of aromatic nitrogens is 2. The summed E-state index contributed by atoms with van der Waals surface area (Å²) in [5, 5.41) is 7.51. The summed E-state index contributed by atoms with van der Waals surface area (Å²) in [6, 6.07) is -0.749.